The number of carbonyl (C=O) groups excluding carboxylic acids is 1. The molecule has 0 aromatic rings. The van der Waals surface area contributed by atoms with Crippen LogP contribution in [0.1, 0.15) is 1.37 Å². The number of aliphatic hydroxyl groups is 4. The molecule has 0 saturated carbocycles. The van der Waals surface area contributed by atoms with Gasteiger partial charge in [-0.05, 0) is 0 Å². The van der Waals surface area contributed by atoms with Crippen LogP contribution in [0.3, 0.4) is 0 Å². The van der Waals surface area contributed by atoms with Gasteiger partial charge < -0.3 is 25.2 Å². The first kappa shape index (κ1) is 11.5. The van der Waals surface area contributed by atoms with E-state index in [2.05, 4.69) is 9.78 Å². The maximum atomic E-state index is 10.1. The highest BCUT2D eigenvalue weighted by Gasteiger charge is 2.30. The van der Waals surface area contributed by atoms with Crippen molar-refractivity contribution in [1.82, 2.24) is 0 Å². The SMILES string of the molecule is [2H]COOC[C@@H](O)[C@H](O)[C@H](O)[C@@H](O)C=O. The molecule has 0 aliphatic heterocycles. The average molecular weight is 211 g/mol. The van der Waals surface area contributed by atoms with Crippen molar-refractivity contribution in [2.24, 2.45) is 0 Å². The van der Waals surface area contributed by atoms with Gasteiger partial charge in [0.15, 0.2) is 6.29 Å². The van der Waals surface area contributed by atoms with E-state index in [0.717, 1.165) is 0 Å². The van der Waals surface area contributed by atoms with E-state index in [1.54, 1.807) is 0 Å². The lowest BCUT2D eigenvalue weighted by molar-refractivity contribution is -0.292. The number of aldehydes is 1. The predicted octanol–water partition coefficient (Wildman–Crippen LogP) is -2.79. The molecule has 7 nitrogen and oxygen atoms in total. The number of hydrogen-bond donors (Lipinski definition) is 4. The second kappa shape index (κ2) is 6.82. The lowest BCUT2D eigenvalue weighted by Crippen LogP contribution is -2.46. The third kappa shape index (κ3) is 4.09. The van der Waals surface area contributed by atoms with E-state index in [-0.39, 0.29) is 6.29 Å². The summed E-state index contributed by atoms with van der Waals surface area (Å²) in [4.78, 5) is 18.4. The van der Waals surface area contributed by atoms with Crippen LogP contribution in [0.15, 0.2) is 0 Å². The van der Waals surface area contributed by atoms with Gasteiger partial charge in [0.05, 0.1) is 8.46 Å². The quantitative estimate of drug-likeness (QED) is 0.156. The van der Waals surface area contributed by atoms with Crippen molar-refractivity contribution in [2.45, 2.75) is 24.4 Å². The Balaban J connectivity index is 3.95. The maximum Gasteiger partial charge on any atom is 0.151 e. The summed E-state index contributed by atoms with van der Waals surface area (Å²) in [6.07, 6.45) is -6.86. The Bertz CT molecular complexity index is 179. The predicted molar refractivity (Wildman–Crippen MR) is 43.1 cm³/mol. The fraction of sp³-hybridized carbons (Fsp3) is 0.857. The van der Waals surface area contributed by atoms with Crippen LogP contribution in [0, 0.1) is 0 Å². The molecular weight excluding hydrogens is 196 g/mol. The van der Waals surface area contributed by atoms with Gasteiger partial charge in [0.2, 0.25) is 0 Å². The highest BCUT2D eigenvalue weighted by atomic mass is 17.2. The molecule has 4 N–H and O–H groups in total. The van der Waals surface area contributed by atoms with Crippen molar-refractivity contribution in [3.8, 4) is 0 Å². The molecule has 7 heteroatoms. The van der Waals surface area contributed by atoms with E-state index in [4.69, 9.17) is 16.7 Å². The topological polar surface area (TPSA) is 116 Å². The minimum atomic E-state index is -1.81. The van der Waals surface area contributed by atoms with Gasteiger partial charge in [-0.25, -0.2) is 9.78 Å². The first-order valence-corrected chi connectivity index (χ1v) is 3.75. The van der Waals surface area contributed by atoms with Gasteiger partial charge in [0.25, 0.3) is 0 Å². The van der Waals surface area contributed by atoms with Gasteiger partial charge >= 0.3 is 0 Å². The molecule has 0 bridgehead atoms. The molecule has 0 heterocycles. The molecule has 0 aromatic heterocycles. The molecule has 14 heavy (non-hydrogen) atoms. The number of hydrogen-bond acceptors (Lipinski definition) is 7. The van der Waals surface area contributed by atoms with Crippen LogP contribution in [-0.4, -0.2) is 64.8 Å². The second-order valence-corrected chi connectivity index (χ2v) is 2.58. The van der Waals surface area contributed by atoms with Crippen LogP contribution in [0.25, 0.3) is 0 Å². The van der Waals surface area contributed by atoms with Crippen molar-refractivity contribution in [2.75, 3.05) is 13.7 Å². The Hall–Kier alpha value is -0.570. The van der Waals surface area contributed by atoms with Crippen molar-refractivity contribution in [3.05, 3.63) is 0 Å². The highest BCUT2D eigenvalue weighted by molar-refractivity contribution is 5.56. The van der Waals surface area contributed by atoms with Gasteiger partial charge in [-0.3, -0.25) is 0 Å². The molecule has 0 aromatic carbocycles. The minimum Gasteiger partial charge on any atom is -0.388 e. The van der Waals surface area contributed by atoms with Gasteiger partial charge in [-0.2, -0.15) is 0 Å². The van der Waals surface area contributed by atoms with Gasteiger partial charge in [0, 0.05) is 0 Å². The summed E-state index contributed by atoms with van der Waals surface area (Å²) in [6.45, 7) is -0.497. The number of aliphatic hydroxyl groups excluding tert-OH is 4. The summed E-state index contributed by atoms with van der Waals surface area (Å²) < 4.78 is 6.51. The summed E-state index contributed by atoms with van der Waals surface area (Å²) in [5, 5.41) is 36.3. The van der Waals surface area contributed by atoms with E-state index in [1.165, 1.54) is 0 Å². The second-order valence-electron chi connectivity index (χ2n) is 2.58. The van der Waals surface area contributed by atoms with Gasteiger partial charge in [-0.15, -0.1) is 0 Å². The van der Waals surface area contributed by atoms with Crippen molar-refractivity contribution >= 4 is 6.29 Å². The molecule has 4 atom stereocenters. The van der Waals surface area contributed by atoms with Crippen LogP contribution in [-0.2, 0) is 14.6 Å². The van der Waals surface area contributed by atoms with Crippen LogP contribution in [0.5, 0.6) is 0 Å². The molecule has 0 rings (SSSR count). The normalized spacial score (nSPS) is 20.7. The Kier molecular flexibility index (Phi) is 5.60. The monoisotopic (exact) mass is 211 g/mol. The summed E-state index contributed by atoms with van der Waals surface area (Å²) in [6, 6.07) is 0. The molecule has 0 saturated heterocycles. The van der Waals surface area contributed by atoms with Crippen molar-refractivity contribution in [1.29, 1.82) is 0 Å². The van der Waals surface area contributed by atoms with E-state index in [0.29, 0.717) is 0 Å². The van der Waals surface area contributed by atoms with Gasteiger partial charge in [-0.1, -0.05) is 0 Å². The summed E-state index contributed by atoms with van der Waals surface area (Å²) >= 11 is 0. The molecule has 84 valence electrons. The lowest BCUT2D eigenvalue weighted by atomic mass is 10.0. The smallest absolute Gasteiger partial charge is 0.151 e. The van der Waals surface area contributed by atoms with E-state index < -0.39 is 38.1 Å². The zero-order chi connectivity index (χ0) is 11.8. The number of carbonyl (C=O) groups is 1. The molecule has 0 aliphatic rings. The zero-order valence-electron chi connectivity index (χ0n) is 8.31. The molecule has 0 amide bonds. The molecular formula is C7H14O7. The Labute approximate surface area is 81.8 Å². The molecule has 0 spiro atoms. The Morgan fingerprint density at radius 2 is 2.00 bits per heavy atom. The summed E-state index contributed by atoms with van der Waals surface area (Å²) in [7, 11) is -0.484. The first-order valence-electron chi connectivity index (χ1n) is 4.46. The van der Waals surface area contributed by atoms with Gasteiger partial charge in [0.1, 0.15) is 31.0 Å². The third-order valence-corrected chi connectivity index (χ3v) is 1.56. The Morgan fingerprint density at radius 1 is 1.36 bits per heavy atom. The fourth-order valence-electron chi connectivity index (χ4n) is 0.727. The molecule has 0 radical (unpaired) electrons. The minimum absolute atomic E-state index is 0.0295. The third-order valence-electron chi connectivity index (χ3n) is 1.56. The highest BCUT2D eigenvalue weighted by Crippen LogP contribution is 2.04. The summed E-state index contributed by atoms with van der Waals surface area (Å²) in [5.74, 6) is 0. The largest absolute Gasteiger partial charge is 0.388 e. The summed E-state index contributed by atoms with van der Waals surface area (Å²) in [5.41, 5.74) is 0. The van der Waals surface area contributed by atoms with Crippen molar-refractivity contribution < 1.29 is 36.4 Å². The van der Waals surface area contributed by atoms with E-state index in [1.807, 2.05) is 0 Å². The lowest BCUT2D eigenvalue weighted by Gasteiger charge is -2.23. The van der Waals surface area contributed by atoms with Crippen LogP contribution >= 0.6 is 0 Å². The Morgan fingerprint density at radius 3 is 2.50 bits per heavy atom. The van der Waals surface area contributed by atoms with E-state index in [9.17, 15) is 9.90 Å². The standard InChI is InChI=1S/C7H14O7/c1-13-14-3-5(10)7(12)6(11)4(9)2-8/h2,4-7,9-12H,3H2,1H3/t4-,5+,6+,7-/m0/s1/i1D. The first-order chi connectivity index (χ1) is 7.04. The fourth-order valence-corrected chi connectivity index (χ4v) is 0.727. The van der Waals surface area contributed by atoms with Crippen LogP contribution in [0.2, 0.25) is 0 Å². The molecule has 0 fully saturated rings. The number of rotatable bonds is 7. The van der Waals surface area contributed by atoms with Crippen molar-refractivity contribution in [3.63, 3.8) is 0 Å². The molecule has 0 aliphatic carbocycles. The zero-order valence-corrected chi connectivity index (χ0v) is 7.31. The average Bonchev–Trinajstić information content (AvgIpc) is 2.26. The van der Waals surface area contributed by atoms with E-state index >= 15 is 0 Å². The van der Waals surface area contributed by atoms with Crippen LogP contribution < -0.4 is 0 Å². The maximum absolute atomic E-state index is 10.1. The molecule has 0 unspecified atom stereocenters. The van der Waals surface area contributed by atoms with Crippen LogP contribution in [0.4, 0.5) is 0 Å².